The van der Waals surface area contributed by atoms with Crippen molar-refractivity contribution in [1.29, 1.82) is 0 Å². The van der Waals surface area contributed by atoms with Crippen molar-refractivity contribution in [3.8, 4) is 0 Å². The maximum absolute atomic E-state index is 12.8. The Morgan fingerprint density at radius 1 is 1.25 bits per heavy atom. The molecule has 0 atom stereocenters. The molecule has 0 aliphatic carbocycles. The first-order valence-corrected chi connectivity index (χ1v) is 6.96. The molecule has 0 unspecified atom stereocenters. The number of halogens is 1. The maximum atomic E-state index is 12.8. The third-order valence-electron chi connectivity index (χ3n) is 2.86. The van der Waals surface area contributed by atoms with Crippen molar-refractivity contribution in [2.24, 2.45) is 5.10 Å². The summed E-state index contributed by atoms with van der Waals surface area (Å²) >= 11 is 1.69. The Bertz CT molecular complexity index is 659. The van der Waals surface area contributed by atoms with Crippen LogP contribution in [-0.4, -0.2) is 11.6 Å². The number of aryl methyl sites for hydroxylation is 2. The Morgan fingerprint density at radius 3 is 2.45 bits per heavy atom. The van der Waals surface area contributed by atoms with Crippen LogP contribution in [0.2, 0.25) is 0 Å². The fourth-order valence-corrected chi connectivity index (χ4v) is 2.83. The molecule has 1 N–H and O–H groups in total. The van der Waals surface area contributed by atoms with Gasteiger partial charge in [-0.3, -0.25) is 4.79 Å². The summed E-state index contributed by atoms with van der Waals surface area (Å²) < 4.78 is 12.8. The van der Waals surface area contributed by atoms with Crippen LogP contribution in [0, 0.1) is 19.7 Å². The van der Waals surface area contributed by atoms with E-state index >= 15 is 0 Å². The molecule has 0 aliphatic rings. The van der Waals surface area contributed by atoms with Gasteiger partial charge in [-0.05, 0) is 51.1 Å². The quantitative estimate of drug-likeness (QED) is 0.680. The van der Waals surface area contributed by atoms with Gasteiger partial charge in [0.05, 0.1) is 5.71 Å². The number of benzene rings is 1. The average molecular weight is 290 g/mol. The molecule has 2 aromatic rings. The smallest absolute Gasteiger partial charge is 0.267 e. The number of nitrogens with zero attached hydrogens (tertiary/aromatic N) is 1. The molecule has 0 aliphatic heterocycles. The van der Waals surface area contributed by atoms with E-state index in [1.165, 1.54) is 34.0 Å². The van der Waals surface area contributed by atoms with Gasteiger partial charge in [0.1, 0.15) is 5.82 Å². The summed E-state index contributed by atoms with van der Waals surface area (Å²) in [4.78, 5) is 14.2. The molecule has 0 fully saturated rings. The van der Waals surface area contributed by atoms with E-state index in [0.717, 1.165) is 11.3 Å². The lowest BCUT2D eigenvalue weighted by atomic mass is 10.2. The highest BCUT2D eigenvalue weighted by molar-refractivity contribution is 7.12. The van der Waals surface area contributed by atoms with E-state index in [-0.39, 0.29) is 11.7 Å². The highest BCUT2D eigenvalue weighted by atomic mass is 32.1. The Balaban J connectivity index is 2.10. The van der Waals surface area contributed by atoms with Gasteiger partial charge in [-0.2, -0.15) is 5.10 Å². The monoisotopic (exact) mass is 290 g/mol. The van der Waals surface area contributed by atoms with Crippen molar-refractivity contribution in [3.05, 3.63) is 57.0 Å². The minimum absolute atomic E-state index is 0.353. The largest absolute Gasteiger partial charge is 0.271 e. The number of rotatable bonds is 3. The molecule has 5 heteroatoms. The summed E-state index contributed by atoms with van der Waals surface area (Å²) in [6.45, 7) is 5.90. The van der Waals surface area contributed by atoms with Crippen molar-refractivity contribution >= 4 is 23.0 Å². The number of carbonyl (C=O) groups excluding carboxylic acids is 1. The highest BCUT2D eigenvalue weighted by Crippen LogP contribution is 2.21. The van der Waals surface area contributed by atoms with Gasteiger partial charge in [-0.1, -0.05) is 0 Å². The Kier molecular flexibility index (Phi) is 4.29. The van der Waals surface area contributed by atoms with E-state index in [1.54, 1.807) is 11.3 Å². The summed E-state index contributed by atoms with van der Waals surface area (Å²) in [5.41, 5.74) is 4.65. The molecule has 1 aromatic heterocycles. The number of thiophene rings is 1. The fourth-order valence-electron chi connectivity index (χ4n) is 1.85. The van der Waals surface area contributed by atoms with E-state index < -0.39 is 0 Å². The summed E-state index contributed by atoms with van der Waals surface area (Å²) in [5, 5.41) is 4.10. The Hall–Kier alpha value is -2.01. The van der Waals surface area contributed by atoms with Crippen LogP contribution in [0.3, 0.4) is 0 Å². The molecule has 1 aromatic carbocycles. The summed E-state index contributed by atoms with van der Waals surface area (Å²) in [5.74, 6) is -0.723. The first-order chi connectivity index (χ1) is 9.47. The average Bonchev–Trinajstić information content (AvgIpc) is 2.75. The van der Waals surface area contributed by atoms with Crippen LogP contribution < -0.4 is 5.43 Å². The first kappa shape index (κ1) is 14.4. The molecular formula is C15H15FN2OS. The molecule has 1 heterocycles. The number of amides is 1. The highest BCUT2D eigenvalue weighted by Gasteiger charge is 2.08. The SMILES string of the molecule is C/C(=N/NC(=O)c1ccc(F)cc1)c1cc(C)sc1C. The second-order valence-electron chi connectivity index (χ2n) is 4.47. The van der Waals surface area contributed by atoms with E-state index in [1.807, 2.05) is 26.8 Å². The number of carbonyl (C=O) groups is 1. The molecule has 0 saturated heterocycles. The van der Waals surface area contributed by atoms with Gasteiger partial charge < -0.3 is 0 Å². The molecule has 2 rings (SSSR count). The van der Waals surface area contributed by atoms with Crippen LogP contribution in [0.1, 0.15) is 32.6 Å². The topological polar surface area (TPSA) is 41.5 Å². The van der Waals surface area contributed by atoms with Crippen LogP contribution in [0.5, 0.6) is 0 Å². The maximum Gasteiger partial charge on any atom is 0.271 e. The minimum Gasteiger partial charge on any atom is -0.267 e. The summed E-state index contributed by atoms with van der Waals surface area (Å²) in [7, 11) is 0. The van der Waals surface area contributed by atoms with Crippen LogP contribution >= 0.6 is 11.3 Å². The number of hydrogen-bond acceptors (Lipinski definition) is 3. The molecule has 20 heavy (non-hydrogen) atoms. The Labute approximate surface area is 121 Å². The zero-order valence-electron chi connectivity index (χ0n) is 11.5. The molecule has 0 saturated carbocycles. The zero-order chi connectivity index (χ0) is 14.7. The zero-order valence-corrected chi connectivity index (χ0v) is 12.3. The van der Waals surface area contributed by atoms with Gasteiger partial charge in [-0.25, -0.2) is 9.82 Å². The van der Waals surface area contributed by atoms with Crippen molar-refractivity contribution in [1.82, 2.24) is 5.43 Å². The predicted molar refractivity (Wildman–Crippen MR) is 79.9 cm³/mol. The molecule has 104 valence electrons. The van der Waals surface area contributed by atoms with Gasteiger partial charge in [0.15, 0.2) is 0 Å². The lowest BCUT2D eigenvalue weighted by Gasteiger charge is -2.02. The number of nitrogens with one attached hydrogen (secondary N) is 1. The fraction of sp³-hybridized carbons (Fsp3) is 0.200. The predicted octanol–water partition coefficient (Wildman–Crippen LogP) is 3.66. The molecule has 3 nitrogen and oxygen atoms in total. The molecule has 1 amide bonds. The van der Waals surface area contributed by atoms with Gasteiger partial charge in [0.25, 0.3) is 5.91 Å². The van der Waals surface area contributed by atoms with E-state index in [4.69, 9.17) is 0 Å². The standard InChI is InChI=1S/C15H15FN2OS/c1-9-8-14(11(3)20-9)10(2)17-18-15(19)12-4-6-13(16)7-5-12/h4-8H,1-3H3,(H,18,19)/b17-10-. The second kappa shape index (κ2) is 5.96. The van der Waals surface area contributed by atoms with Gasteiger partial charge >= 0.3 is 0 Å². The third kappa shape index (κ3) is 3.30. The van der Waals surface area contributed by atoms with Gasteiger partial charge in [0, 0.05) is 20.9 Å². The van der Waals surface area contributed by atoms with Crippen LogP contribution in [0.15, 0.2) is 35.4 Å². The Morgan fingerprint density at radius 2 is 1.90 bits per heavy atom. The normalized spacial score (nSPS) is 11.5. The number of hydrogen-bond donors (Lipinski definition) is 1. The lowest BCUT2D eigenvalue weighted by Crippen LogP contribution is -2.19. The van der Waals surface area contributed by atoms with Crippen LogP contribution in [0.4, 0.5) is 4.39 Å². The van der Waals surface area contributed by atoms with Gasteiger partial charge in [0.2, 0.25) is 0 Å². The molecule has 0 radical (unpaired) electrons. The number of hydrazone groups is 1. The lowest BCUT2D eigenvalue weighted by molar-refractivity contribution is 0.0955. The van der Waals surface area contributed by atoms with E-state index in [9.17, 15) is 9.18 Å². The third-order valence-corrected chi connectivity index (χ3v) is 3.83. The van der Waals surface area contributed by atoms with Gasteiger partial charge in [-0.15, -0.1) is 11.3 Å². The van der Waals surface area contributed by atoms with Crippen LogP contribution in [0.25, 0.3) is 0 Å². The van der Waals surface area contributed by atoms with E-state index in [2.05, 4.69) is 10.5 Å². The van der Waals surface area contributed by atoms with E-state index in [0.29, 0.717) is 5.56 Å². The summed E-state index contributed by atoms with van der Waals surface area (Å²) in [6.07, 6.45) is 0. The van der Waals surface area contributed by atoms with Crippen molar-refractivity contribution in [3.63, 3.8) is 0 Å². The summed E-state index contributed by atoms with van der Waals surface area (Å²) in [6, 6.07) is 7.39. The van der Waals surface area contributed by atoms with Crippen LogP contribution in [-0.2, 0) is 0 Å². The molecule has 0 bridgehead atoms. The van der Waals surface area contributed by atoms with Crippen molar-refractivity contribution in [2.45, 2.75) is 20.8 Å². The molecular weight excluding hydrogens is 275 g/mol. The molecule has 0 spiro atoms. The first-order valence-electron chi connectivity index (χ1n) is 6.15. The minimum atomic E-state index is -0.370. The second-order valence-corrected chi connectivity index (χ2v) is 5.93. The van der Waals surface area contributed by atoms with Crippen molar-refractivity contribution in [2.75, 3.05) is 0 Å². The van der Waals surface area contributed by atoms with Crippen molar-refractivity contribution < 1.29 is 9.18 Å².